The van der Waals surface area contributed by atoms with Crippen molar-refractivity contribution in [3.05, 3.63) is 71.8 Å². The summed E-state index contributed by atoms with van der Waals surface area (Å²) in [4.78, 5) is 22.9. The molecule has 1 aliphatic heterocycles. The third-order valence-corrected chi connectivity index (χ3v) is 6.72. The van der Waals surface area contributed by atoms with Crippen LogP contribution in [0, 0.1) is 0 Å². The van der Waals surface area contributed by atoms with Gasteiger partial charge in [0.1, 0.15) is 0 Å². The molecular weight excluding hydrogens is 374 g/mol. The van der Waals surface area contributed by atoms with Crippen LogP contribution in [0.15, 0.2) is 55.1 Å². The molecule has 2 aliphatic rings. The number of imidazole rings is 1. The summed E-state index contributed by atoms with van der Waals surface area (Å²) in [6, 6.07) is 12.7. The van der Waals surface area contributed by atoms with Crippen LogP contribution in [-0.2, 0) is 13.5 Å². The molecule has 6 nitrogen and oxygen atoms in total. The number of nitrogens with zero attached hydrogens (tertiary/aromatic N) is 4. The number of fused-ring (bicyclic) bond motifs is 4. The smallest absolute Gasteiger partial charge is 0.254 e. The fourth-order valence-corrected chi connectivity index (χ4v) is 5.26. The van der Waals surface area contributed by atoms with Crippen molar-refractivity contribution in [2.75, 3.05) is 6.54 Å². The fraction of sp³-hybridized carbons (Fsp3) is 0.292. The van der Waals surface area contributed by atoms with Crippen LogP contribution in [0.1, 0.15) is 40.2 Å². The molecule has 2 aromatic heterocycles. The molecule has 1 fully saturated rings. The van der Waals surface area contributed by atoms with Gasteiger partial charge in [0.05, 0.1) is 23.6 Å². The predicted octanol–water partition coefficient (Wildman–Crippen LogP) is 3.91. The van der Waals surface area contributed by atoms with Gasteiger partial charge in [-0.1, -0.05) is 18.2 Å². The van der Waals surface area contributed by atoms with Crippen LogP contribution in [0.25, 0.3) is 22.2 Å². The summed E-state index contributed by atoms with van der Waals surface area (Å²) in [5.41, 5.74) is 7.64. The molecular formula is C24H23N5O. The van der Waals surface area contributed by atoms with Crippen LogP contribution in [0.3, 0.4) is 0 Å². The minimum atomic E-state index is 0.120. The van der Waals surface area contributed by atoms with Gasteiger partial charge >= 0.3 is 0 Å². The lowest BCUT2D eigenvalue weighted by Crippen LogP contribution is -2.46. The van der Waals surface area contributed by atoms with Crippen molar-refractivity contribution in [3.63, 3.8) is 0 Å². The summed E-state index contributed by atoms with van der Waals surface area (Å²) in [5, 5.41) is 4.31. The topological polar surface area (TPSA) is 66.8 Å². The summed E-state index contributed by atoms with van der Waals surface area (Å²) in [6.07, 6.45) is 8.74. The van der Waals surface area contributed by atoms with Crippen LogP contribution < -0.4 is 0 Å². The summed E-state index contributed by atoms with van der Waals surface area (Å²) in [5.74, 6) is 0.526. The summed E-state index contributed by atoms with van der Waals surface area (Å²) in [6.45, 7) is 0.821. The first-order valence-electron chi connectivity index (χ1n) is 10.5. The molecule has 6 heteroatoms. The maximum atomic E-state index is 13.4. The average molecular weight is 397 g/mol. The van der Waals surface area contributed by atoms with Crippen LogP contribution in [0.4, 0.5) is 0 Å². The Morgan fingerprint density at radius 1 is 1.17 bits per heavy atom. The number of hydrogen-bond acceptors (Lipinski definition) is 3. The quantitative estimate of drug-likeness (QED) is 0.558. The van der Waals surface area contributed by atoms with Gasteiger partial charge in [-0.2, -0.15) is 5.10 Å². The van der Waals surface area contributed by atoms with E-state index < -0.39 is 0 Å². The van der Waals surface area contributed by atoms with Crippen molar-refractivity contribution in [1.82, 2.24) is 24.6 Å². The number of piperidine rings is 1. The molecule has 1 aliphatic carbocycles. The Morgan fingerprint density at radius 2 is 2.10 bits per heavy atom. The number of rotatable bonds is 2. The summed E-state index contributed by atoms with van der Waals surface area (Å²) < 4.78 is 1.84. The number of aryl methyl sites for hydroxylation is 1. The molecule has 1 saturated heterocycles. The zero-order chi connectivity index (χ0) is 20.2. The van der Waals surface area contributed by atoms with E-state index in [1.54, 1.807) is 6.33 Å². The molecule has 2 unspecified atom stereocenters. The molecule has 0 radical (unpaired) electrons. The first kappa shape index (κ1) is 17.4. The minimum Gasteiger partial charge on any atom is -0.345 e. The van der Waals surface area contributed by atoms with Crippen LogP contribution in [0.5, 0.6) is 0 Å². The van der Waals surface area contributed by atoms with Gasteiger partial charge in [0.15, 0.2) is 0 Å². The number of nitrogens with one attached hydrogen (secondary N) is 1. The van der Waals surface area contributed by atoms with E-state index >= 15 is 0 Å². The van der Waals surface area contributed by atoms with Crippen LogP contribution in [0.2, 0.25) is 0 Å². The van der Waals surface area contributed by atoms with E-state index in [9.17, 15) is 4.79 Å². The average Bonchev–Trinajstić information content (AvgIpc) is 3.49. The second-order valence-electron chi connectivity index (χ2n) is 8.47. The van der Waals surface area contributed by atoms with E-state index in [2.05, 4.69) is 44.4 Å². The van der Waals surface area contributed by atoms with Gasteiger partial charge in [0.25, 0.3) is 5.91 Å². The number of carbonyl (C=O) groups excluding carboxylic acids is 1. The predicted molar refractivity (Wildman–Crippen MR) is 115 cm³/mol. The van der Waals surface area contributed by atoms with E-state index in [1.807, 2.05) is 36.1 Å². The second kappa shape index (κ2) is 6.55. The van der Waals surface area contributed by atoms with E-state index in [-0.39, 0.29) is 11.9 Å². The minimum absolute atomic E-state index is 0.120. The van der Waals surface area contributed by atoms with Gasteiger partial charge in [0, 0.05) is 42.9 Å². The Kier molecular flexibility index (Phi) is 3.81. The van der Waals surface area contributed by atoms with Crippen LogP contribution in [-0.4, -0.2) is 43.1 Å². The normalized spacial score (nSPS) is 20.4. The number of aromatic nitrogens is 4. The molecule has 1 amide bonds. The van der Waals surface area contributed by atoms with Gasteiger partial charge in [-0.25, -0.2) is 4.98 Å². The number of aromatic amines is 1. The van der Waals surface area contributed by atoms with E-state index in [0.29, 0.717) is 5.92 Å². The maximum Gasteiger partial charge on any atom is 0.254 e. The monoisotopic (exact) mass is 397 g/mol. The largest absolute Gasteiger partial charge is 0.345 e. The molecule has 0 saturated carbocycles. The van der Waals surface area contributed by atoms with Crippen molar-refractivity contribution in [2.45, 2.75) is 31.2 Å². The van der Waals surface area contributed by atoms with Gasteiger partial charge in [-0.3, -0.25) is 9.48 Å². The molecule has 1 N–H and O–H groups in total. The number of carbonyl (C=O) groups is 1. The molecule has 4 aromatic rings. The number of benzene rings is 2. The van der Waals surface area contributed by atoms with Gasteiger partial charge < -0.3 is 9.88 Å². The Morgan fingerprint density at radius 3 is 2.97 bits per heavy atom. The Bertz CT molecular complexity index is 1270. The van der Waals surface area contributed by atoms with Gasteiger partial charge in [-0.15, -0.1) is 0 Å². The lowest BCUT2D eigenvalue weighted by Gasteiger charge is -2.38. The third-order valence-electron chi connectivity index (χ3n) is 6.72. The summed E-state index contributed by atoms with van der Waals surface area (Å²) >= 11 is 0. The maximum absolute atomic E-state index is 13.4. The zero-order valence-electron chi connectivity index (χ0n) is 16.9. The van der Waals surface area contributed by atoms with E-state index in [0.717, 1.165) is 48.0 Å². The van der Waals surface area contributed by atoms with E-state index in [1.165, 1.54) is 16.7 Å². The van der Waals surface area contributed by atoms with Crippen molar-refractivity contribution in [3.8, 4) is 11.1 Å². The van der Waals surface area contributed by atoms with Crippen LogP contribution >= 0.6 is 0 Å². The number of hydrogen-bond donors (Lipinski definition) is 1. The molecule has 2 atom stereocenters. The molecule has 3 heterocycles. The first-order chi connectivity index (χ1) is 14.7. The number of amides is 1. The molecule has 0 bridgehead atoms. The highest BCUT2D eigenvalue weighted by Crippen LogP contribution is 2.44. The molecule has 30 heavy (non-hydrogen) atoms. The zero-order valence-corrected chi connectivity index (χ0v) is 16.9. The standard InChI is InChI=1S/C24H23N5O/c1-28-13-18(12-27-28)15-4-5-16-11-23-19(20(16)9-15)3-2-8-29(23)24(30)17-6-7-21-22(10-17)26-14-25-21/h4-7,9-10,12-14,19,23H,2-3,8,11H2,1H3,(H,25,26). The van der Waals surface area contributed by atoms with Gasteiger partial charge in [0.2, 0.25) is 0 Å². The third kappa shape index (κ3) is 2.67. The summed E-state index contributed by atoms with van der Waals surface area (Å²) in [7, 11) is 1.94. The molecule has 2 aromatic carbocycles. The van der Waals surface area contributed by atoms with Crippen molar-refractivity contribution < 1.29 is 4.79 Å². The van der Waals surface area contributed by atoms with Crippen molar-refractivity contribution in [1.29, 1.82) is 0 Å². The van der Waals surface area contributed by atoms with Crippen molar-refractivity contribution >= 4 is 16.9 Å². The highest BCUT2D eigenvalue weighted by atomic mass is 16.2. The molecule has 0 spiro atoms. The number of likely N-dealkylation sites (tertiary alicyclic amines) is 1. The SMILES string of the molecule is Cn1cc(-c2ccc3c(c2)C2CCCN(C(=O)c4ccc5[nH]cnc5c4)C2C3)cn1. The Balaban J connectivity index is 1.32. The highest BCUT2D eigenvalue weighted by Gasteiger charge is 2.41. The lowest BCUT2D eigenvalue weighted by molar-refractivity contribution is 0.0595. The fourth-order valence-electron chi connectivity index (χ4n) is 5.26. The molecule has 150 valence electrons. The van der Waals surface area contributed by atoms with Gasteiger partial charge in [-0.05, 0) is 54.2 Å². The van der Waals surface area contributed by atoms with E-state index in [4.69, 9.17) is 0 Å². The highest BCUT2D eigenvalue weighted by molar-refractivity contribution is 5.97. The first-order valence-corrected chi connectivity index (χ1v) is 10.5. The second-order valence-corrected chi connectivity index (χ2v) is 8.47. The Labute approximate surface area is 174 Å². The molecule has 6 rings (SSSR count). The Hall–Kier alpha value is -3.41. The number of H-pyrrole nitrogens is 1. The van der Waals surface area contributed by atoms with Crippen molar-refractivity contribution in [2.24, 2.45) is 7.05 Å². The lowest BCUT2D eigenvalue weighted by atomic mass is 9.87.